The minimum Gasteiger partial charge on any atom is -0.438 e. The highest BCUT2D eigenvalue weighted by molar-refractivity contribution is 6.65. The molecule has 0 N–H and O–H groups in total. The van der Waals surface area contributed by atoms with Gasteiger partial charge in [0.2, 0.25) is 5.71 Å². The predicted molar refractivity (Wildman–Crippen MR) is 87.2 cm³/mol. The number of aromatic nitrogens is 1. The van der Waals surface area contributed by atoms with Crippen LogP contribution in [-0.4, -0.2) is 23.3 Å². The molecule has 1 fully saturated rings. The topological polar surface area (TPSA) is 44.5 Å². The van der Waals surface area contributed by atoms with Gasteiger partial charge in [0.1, 0.15) is 5.58 Å². The van der Waals surface area contributed by atoms with Gasteiger partial charge in [-0.3, -0.25) is 0 Å². The molecule has 3 heterocycles. The molecule has 0 saturated carbocycles. The molecule has 1 aliphatic rings. The molecule has 2 aromatic heterocycles. The highest BCUT2D eigenvalue weighted by Crippen LogP contribution is 2.37. The number of rotatable bonds is 1. The third-order valence-electron chi connectivity index (χ3n) is 4.81. The lowest BCUT2D eigenvalue weighted by Gasteiger charge is -2.32. The van der Waals surface area contributed by atoms with Gasteiger partial charge in [-0.2, -0.15) is 0 Å². The molecule has 0 bridgehead atoms. The second-order valence-electron chi connectivity index (χ2n) is 6.77. The van der Waals surface area contributed by atoms with E-state index in [-0.39, 0.29) is 11.2 Å². The summed E-state index contributed by atoms with van der Waals surface area (Å²) in [6, 6.07) is 9.97. The number of hydrogen-bond acceptors (Lipinski definition) is 4. The van der Waals surface area contributed by atoms with E-state index in [0.717, 1.165) is 21.8 Å². The summed E-state index contributed by atoms with van der Waals surface area (Å²) in [6.45, 7) is 8.20. The molecular weight excluding hydrogens is 277 g/mol. The van der Waals surface area contributed by atoms with Crippen LogP contribution in [0.4, 0.5) is 0 Å². The van der Waals surface area contributed by atoms with Crippen molar-refractivity contribution in [2.45, 2.75) is 38.9 Å². The number of furan rings is 1. The Morgan fingerprint density at radius 2 is 1.59 bits per heavy atom. The Balaban J connectivity index is 1.90. The molecule has 5 heteroatoms. The van der Waals surface area contributed by atoms with Crippen LogP contribution in [0.1, 0.15) is 27.7 Å². The molecule has 1 aromatic carbocycles. The lowest BCUT2D eigenvalue weighted by atomic mass is 9.78. The standard InChI is InChI=1S/C17H18BNO3/c1-16(2)17(3,4)22-18(21-16)13-9-5-7-11-12-8-6-10-19-15(12)20-14(11)13/h5-10H,1-4H3. The number of fused-ring (bicyclic) bond motifs is 3. The number of hydrogen-bond donors (Lipinski definition) is 0. The van der Waals surface area contributed by atoms with Crippen LogP contribution < -0.4 is 5.46 Å². The van der Waals surface area contributed by atoms with Gasteiger partial charge in [0.25, 0.3) is 0 Å². The van der Waals surface area contributed by atoms with Crippen LogP contribution in [-0.2, 0) is 9.31 Å². The summed E-state index contributed by atoms with van der Waals surface area (Å²) < 4.78 is 18.3. The van der Waals surface area contributed by atoms with Crippen LogP contribution in [0.3, 0.4) is 0 Å². The molecule has 0 radical (unpaired) electrons. The van der Waals surface area contributed by atoms with Crippen molar-refractivity contribution in [3.05, 3.63) is 36.5 Å². The summed E-state index contributed by atoms with van der Waals surface area (Å²) in [5, 5.41) is 2.05. The average molecular weight is 295 g/mol. The van der Waals surface area contributed by atoms with Gasteiger partial charge in [0.05, 0.1) is 11.2 Å². The van der Waals surface area contributed by atoms with Gasteiger partial charge in [-0.05, 0) is 39.8 Å². The first-order valence-electron chi connectivity index (χ1n) is 7.51. The fourth-order valence-electron chi connectivity index (χ4n) is 2.81. The highest BCUT2D eigenvalue weighted by atomic mass is 16.7. The van der Waals surface area contributed by atoms with Crippen LogP contribution >= 0.6 is 0 Å². The Morgan fingerprint density at radius 1 is 0.909 bits per heavy atom. The summed E-state index contributed by atoms with van der Waals surface area (Å²) in [5.41, 5.74) is 1.60. The summed E-state index contributed by atoms with van der Waals surface area (Å²) in [4.78, 5) is 4.30. The smallest absolute Gasteiger partial charge is 0.438 e. The molecule has 0 spiro atoms. The van der Waals surface area contributed by atoms with E-state index in [1.54, 1.807) is 6.20 Å². The lowest BCUT2D eigenvalue weighted by molar-refractivity contribution is 0.00578. The summed E-state index contributed by atoms with van der Waals surface area (Å²) >= 11 is 0. The molecule has 4 rings (SSSR count). The molecule has 1 aliphatic heterocycles. The minimum absolute atomic E-state index is 0.371. The Labute approximate surface area is 129 Å². The van der Waals surface area contributed by atoms with Crippen molar-refractivity contribution >= 4 is 34.7 Å². The Morgan fingerprint density at radius 3 is 2.32 bits per heavy atom. The fraction of sp³-hybridized carbons (Fsp3) is 0.353. The highest BCUT2D eigenvalue weighted by Gasteiger charge is 2.52. The van der Waals surface area contributed by atoms with Crippen LogP contribution in [0, 0.1) is 0 Å². The van der Waals surface area contributed by atoms with E-state index in [2.05, 4.69) is 4.98 Å². The molecule has 0 atom stereocenters. The van der Waals surface area contributed by atoms with Crippen LogP contribution in [0.5, 0.6) is 0 Å². The largest absolute Gasteiger partial charge is 0.498 e. The maximum absolute atomic E-state index is 6.15. The van der Waals surface area contributed by atoms with E-state index in [1.807, 2.05) is 58.0 Å². The molecule has 3 aromatic rings. The second kappa shape index (κ2) is 4.34. The van der Waals surface area contributed by atoms with Crippen molar-refractivity contribution in [3.63, 3.8) is 0 Å². The maximum Gasteiger partial charge on any atom is 0.498 e. The normalized spacial score (nSPS) is 20.1. The minimum atomic E-state index is -0.436. The van der Waals surface area contributed by atoms with Gasteiger partial charge in [0, 0.05) is 22.4 Å². The summed E-state index contributed by atoms with van der Waals surface area (Å²) in [6.07, 6.45) is 1.74. The molecule has 1 saturated heterocycles. The first-order chi connectivity index (χ1) is 10.4. The zero-order valence-corrected chi connectivity index (χ0v) is 13.2. The molecule has 0 unspecified atom stereocenters. The van der Waals surface area contributed by atoms with E-state index in [9.17, 15) is 0 Å². The zero-order valence-electron chi connectivity index (χ0n) is 13.2. The maximum atomic E-state index is 6.15. The first-order valence-corrected chi connectivity index (χ1v) is 7.51. The summed E-state index contributed by atoms with van der Waals surface area (Å²) in [7, 11) is -0.436. The number of nitrogens with zero attached hydrogens (tertiary/aromatic N) is 1. The second-order valence-corrected chi connectivity index (χ2v) is 6.77. The molecule has 22 heavy (non-hydrogen) atoms. The quantitative estimate of drug-likeness (QED) is 0.646. The van der Waals surface area contributed by atoms with Crippen molar-refractivity contribution in [3.8, 4) is 0 Å². The van der Waals surface area contributed by atoms with Crippen molar-refractivity contribution in [1.82, 2.24) is 4.98 Å². The van der Waals surface area contributed by atoms with Crippen molar-refractivity contribution in [1.29, 1.82) is 0 Å². The number of benzene rings is 1. The predicted octanol–water partition coefficient (Wildman–Crippen LogP) is 3.28. The lowest BCUT2D eigenvalue weighted by Crippen LogP contribution is -2.41. The van der Waals surface area contributed by atoms with Crippen LogP contribution in [0.15, 0.2) is 40.9 Å². The molecule has 0 aliphatic carbocycles. The molecule has 112 valence electrons. The fourth-order valence-corrected chi connectivity index (χ4v) is 2.81. The Kier molecular flexibility index (Phi) is 2.72. The van der Waals surface area contributed by atoms with Gasteiger partial charge in [-0.25, -0.2) is 4.98 Å². The van der Waals surface area contributed by atoms with Crippen molar-refractivity contribution in [2.24, 2.45) is 0 Å². The van der Waals surface area contributed by atoms with Crippen molar-refractivity contribution < 1.29 is 13.7 Å². The first kappa shape index (κ1) is 13.8. The van der Waals surface area contributed by atoms with Crippen LogP contribution in [0.25, 0.3) is 22.1 Å². The molecule has 0 amide bonds. The third-order valence-corrected chi connectivity index (χ3v) is 4.81. The average Bonchev–Trinajstić information content (AvgIpc) is 2.93. The molecule has 4 nitrogen and oxygen atoms in total. The Hall–Kier alpha value is -1.85. The number of pyridine rings is 1. The number of para-hydroxylation sites is 1. The van der Waals surface area contributed by atoms with E-state index >= 15 is 0 Å². The van der Waals surface area contributed by atoms with Crippen LogP contribution in [0.2, 0.25) is 0 Å². The van der Waals surface area contributed by atoms with Gasteiger partial charge >= 0.3 is 7.12 Å². The Bertz CT molecular complexity index is 853. The SMILES string of the molecule is CC1(C)OB(c2cccc3c2oc2ncccc23)OC1(C)C. The van der Waals surface area contributed by atoms with Crippen molar-refractivity contribution in [2.75, 3.05) is 0 Å². The van der Waals surface area contributed by atoms with E-state index in [4.69, 9.17) is 13.7 Å². The molecular formula is C17H18BNO3. The van der Waals surface area contributed by atoms with Gasteiger partial charge in [0.15, 0.2) is 0 Å². The van der Waals surface area contributed by atoms with E-state index in [1.165, 1.54) is 0 Å². The van der Waals surface area contributed by atoms with E-state index in [0.29, 0.717) is 5.71 Å². The monoisotopic (exact) mass is 295 g/mol. The summed E-state index contributed by atoms with van der Waals surface area (Å²) in [5.74, 6) is 0. The van der Waals surface area contributed by atoms with Gasteiger partial charge in [-0.1, -0.05) is 18.2 Å². The van der Waals surface area contributed by atoms with Gasteiger partial charge < -0.3 is 13.7 Å². The van der Waals surface area contributed by atoms with E-state index < -0.39 is 7.12 Å². The van der Waals surface area contributed by atoms with Gasteiger partial charge in [-0.15, -0.1) is 0 Å². The zero-order chi connectivity index (χ0) is 15.5. The third kappa shape index (κ3) is 1.82.